The van der Waals surface area contributed by atoms with E-state index in [1.165, 1.54) is 74.5 Å². The Morgan fingerprint density at radius 3 is 1.29 bits per heavy atom. The summed E-state index contributed by atoms with van der Waals surface area (Å²) in [6.45, 7) is 0.210. The van der Waals surface area contributed by atoms with Gasteiger partial charge in [0.2, 0.25) is 23.6 Å². The highest BCUT2D eigenvalue weighted by atomic mass is 16.5. The van der Waals surface area contributed by atoms with Crippen molar-refractivity contribution in [3.05, 3.63) is 190 Å². The quantitative estimate of drug-likeness (QED) is 0.0129. The van der Waals surface area contributed by atoms with E-state index in [4.69, 9.17) is 31.8 Å². The number of unbranched alkanes of at least 4 members (excludes halogenated alkanes) is 12. The molecular weight excluding hydrogens is 1450 g/mol. The lowest BCUT2D eigenvalue weighted by atomic mass is 10.00. The Bertz CT molecular complexity index is 4940. The lowest BCUT2D eigenvalue weighted by molar-refractivity contribution is -0.139. The van der Waals surface area contributed by atoms with Crippen LogP contribution in [0.25, 0.3) is 21.8 Å². The third-order valence-electron chi connectivity index (χ3n) is 19.5. The van der Waals surface area contributed by atoms with Crippen molar-refractivity contribution in [1.29, 1.82) is 0 Å². The minimum absolute atomic E-state index is 0.00514. The molecule has 2 fully saturated rings. The molecule has 29 heteroatoms. The fourth-order valence-corrected chi connectivity index (χ4v) is 13.8. The summed E-state index contributed by atoms with van der Waals surface area (Å²) in [5.41, 5.74) is 23.4. The van der Waals surface area contributed by atoms with Crippen molar-refractivity contribution < 1.29 is 81.7 Å². The van der Waals surface area contributed by atoms with E-state index in [-0.39, 0.29) is 95.5 Å². The number of hydrogen-bond donors (Lipinski definition) is 9. The van der Waals surface area contributed by atoms with Crippen LogP contribution in [0.4, 0.5) is 22.7 Å². The van der Waals surface area contributed by atoms with Crippen LogP contribution >= 0.6 is 0 Å². The number of carboxylic acid groups (broad SMARTS) is 1. The second-order valence-corrected chi connectivity index (χ2v) is 27.7. The number of ketones is 2. The van der Waals surface area contributed by atoms with Crippen molar-refractivity contribution in [2.45, 2.75) is 153 Å². The number of benzene rings is 6. The molecule has 4 aliphatic heterocycles. The minimum Gasteiger partial charge on any atom is -0.483 e. The second kappa shape index (κ2) is 40.1. The molecule has 6 heterocycles. The normalized spacial score (nSPS) is 14.9. The summed E-state index contributed by atoms with van der Waals surface area (Å²) in [7, 11) is 0. The number of carboxylic acids is 1. The molecule has 29 nitrogen and oxygen atoms in total. The lowest BCUT2D eigenvalue weighted by Crippen LogP contribution is -2.54. The number of nitrogens with one attached hydrogen (secondary N) is 5. The van der Waals surface area contributed by atoms with Crippen molar-refractivity contribution in [2.75, 3.05) is 36.9 Å². The van der Waals surface area contributed by atoms with E-state index in [0.717, 1.165) is 119 Å². The first-order chi connectivity index (χ1) is 54.6. The van der Waals surface area contributed by atoms with E-state index in [0.29, 0.717) is 48.3 Å². The summed E-state index contributed by atoms with van der Waals surface area (Å²) in [6, 6.07) is 37.0. The van der Waals surface area contributed by atoms with Crippen LogP contribution in [-0.4, -0.2) is 146 Å². The summed E-state index contributed by atoms with van der Waals surface area (Å²) < 4.78 is 10.7. The molecule has 113 heavy (non-hydrogen) atoms. The number of nitrogens with two attached hydrogens (primary N) is 3. The van der Waals surface area contributed by atoms with Crippen molar-refractivity contribution in [2.24, 2.45) is 17.2 Å². The first-order valence-electron chi connectivity index (χ1n) is 37.8. The number of amides is 11. The van der Waals surface area contributed by atoms with Gasteiger partial charge in [-0.05, 0) is 129 Å². The van der Waals surface area contributed by atoms with E-state index in [2.05, 4.69) is 36.6 Å². The maximum atomic E-state index is 13.2. The highest BCUT2D eigenvalue weighted by molar-refractivity contribution is 6.26. The molecule has 588 valence electrons. The van der Waals surface area contributed by atoms with Crippen LogP contribution in [0, 0.1) is 0 Å². The highest BCUT2D eigenvalue weighted by Gasteiger charge is 2.48. The largest absolute Gasteiger partial charge is 0.483 e. The van der Waals surface area contributed by atoms with E-state index >= 15 is 0 Å². The van der Waals surface area contributed by atoms with Gasteiger partial charge in [0.25, 0.3) is 41.4 Å². The highest BCUT2D eigenvalue weighted by Crippen LogP contribution is 2.37. The van der Waals surface area contributed by atoms with Crippen molar-refractivity contribution in [1.82, 2.24) is 35.7 Å². The Kier molecular flexibility index (Phi) is 29.3. The van der Waals surface area contributed by atoms with E-state index < -0.39 is 83.7 Å². The molecule has 8 aromatic rings. The number of carbonyl (C=O) groups excluding carboxylic acids is 13. The van der Waals surface area contributed by atoms with Gasteiger partial charge in [-0.3, -0.25) is 92.7 Å². The summed E-state index contributed by atoms with van der Waals surface area (Å²) in [5, 5.41) is 23.9. The van der Waals surface area contributed by atoms with Gasteiger partial charge in [0.1, 0.15) is 35.1 Å². The molecule has 2 unspecified atom stereocenters. The monoisotopic (exact) mass is 1540 g/mol. The first-order valence-corrected chi connectivity index (χ1v) is 37.8. The van der Waals surface area contributed by atoms with Crippen LogP contribution in [0.2, 0.25) is 0 Å². The molecule has 2 saturated heterocycles. The van der Waals surface area contributed by atoms with Gasteiger partial charge in [0, 0.05) is 79.6 Å². The molecule has 11 amide bonds. The third-order valence-corrected chi connectivity index (χ3v) is 19.5. The lowest BCUT2D eigenvalue weighted by Gasteiger charge is -2.27. The van der Waals surface area contributed by atoms with Crippen LogP contribution < -0.4 is 53.3 Å². The molecule has 12 N–H and O–H groups in total. The number of aromatic nitrogens is 2. The number of nitrogens with zero attached hydrogens (tertiary/aromatic N) is 4. The van der Waals surface area contributed by atoms with Gasteiger partial charge >= 0.3 is 5.97 Å². The van der Waals surface area contributed by atoms with Gasteiger partial charge in [-0.2, -0.15) is 0 Å². The summed E-state index contributed by atoms with van der Waals surface area (Å²) in [4.78, 5) is 182. The van der Waals surface area contributed by atoms with Crippen molar-refractivity contribution in [3.8, 4) is 11.5 Å². The molecular formula is C84H90N12O17. The molecule has 0 aliphatic carbocycles. The molecule has 0 bridgehead atoms. The molecule has 6 aromatic carbocycles. The zero-order valence-electron chi connectivity index (χ0n) is 62.4. The maximum absolute atomic E-state index is 13.2. The Morgan fingerprint density at radius 2 is 0.885 bits per heavy atom. The number of imide groups is 4. The van der Waals surface area contributed by atoms with Crippen molar-refractivity contribution >= 4 is 127 Å². The van der Waals surface area contributed by atoms with Crippen LogP contribution in [0.15, 0.2) is 146 Å². The predicted molar refractivity (Wildman–Crippen MR) is 418 cm³/mol. The zero-order valence-corrected chi connectivity index (χ0v) is 62.4. The number of pyridine rings is 2. The molecule has 0 spiro atoms. The molecule has 4 aliphatic rings. The topological polar surface area (TPSA) is 448 Å². The van der Waals surface area contributed by atoms with Crippen molar-refractivity contribution in [3.63, 3.8) is 0 Å². The number of hydrogen-bond acceptors (Lipinski definition) is 21. The van der Waals surface area contributed by atoms with Gasteiger partial charge in [0.15, 0.2) is 13.2 Å². The summed E-state index contributed by atoms with van der Waals surface area (Å²) >= 11 is 0. The molecule has 2 aromatic heterocycles. The van der Waals surface area contributed by atoms with Crippen LogP contribution in [0.3, 0.4) is 0 Å². The number of aliphatic carboxylic acids is 1. The van der Waals surface area contributed by atoms with E-state index in [9.17, 15) is 67.1 Å². The summed E-state index contributed by atoms with van der Waals surface area (Å²) in [6.07, 6.45) is 19.2. The van der Waals surface area contributed by atoms with E-state index in [1.807, 2.05) is 97.1 Å². The smallest absolute Gasteiger partial charge is 0.341 e. The minimum atomic E-state index is -1.23. The number of primary amides is 2. The Morgan fingerprint density at radius 1 is 0.478 bits per heavy atom. The Labute approximate surface area is 650 Å². The molecule has 12 rings (SSSR count). The SMILES string of the molecule is NC(=O)c1cnc2ccc(CC(=O)CCCCCCCCCNC(=O)COc3cccc4c3C(=O)N(C3CCC(=O)NC3=O)C4=O)cc2c1Nc1ccccc1.NCCCCCCCCCC(=O)Cc1ccc2ncc(C(N)=O)c(Nc3ccccc3)c2c1.O=C(O)COc1cccc2c1C(=O)N(C1CCC(=O)NC1=O)C2=O. The van der Waals surface area contributed by atoms with Gasteiger partial charge in [-0.25, -0.2) is 4.79 Å². The van der Waals surface area contributed by atoms with Crippen LogP contribution in [-0.2, 0) is 51.2 Å². The number of para-hydroxylation sites is 2. The van der Waals surface area contributed by atoms with Gasteiger partial charge in [-0.1, -0.05) is 125 Å². The van der Waals surface area contributed by atoms with Crippen LogP contribution in [0.5, 0.6) is 11.5 Å². The van der Waals surface area contributed by atoms with E-state index in [1.54, 1.807) is 0 Å². The Hall–Kier alpha value is -12.9. The average molecular weight is 1540 g/mol. The number of anilines is 4. The average Bonchev–Trinajstić information content (AvgIpc) is 1.63. The number of rotatable bonds is 37. The van der Waals surface area contributed by atoms with Gasteiger partial charge in [0.05, 0.1) is 55.8 Å². The molecule has 0 saturated carbocycles. The predicted octanol–water partition coefficient (Wildman–Crippen LogP) is 9.73. The fraction of sp³-hybridized carbons (Fsp3) is 0.333. The van der Waals surface area contributed by atoms with Crippen LogP contribution in [0.1, 0.15) is 202 Å². The third kappa shape index (κ3) is 22.0. The number of ether oxygens (including phenoxy) is 2. The number of carbonyl (C=O) groups is 14. The number of piperidine rings is 2. The van der Waals surface area contributed by atoms with Gasteiger partial charge in [-0.15, -0.1) is 0 Å². The fourth-order valence-electron chi connectivity index (χ4n) is 13.8. The molecule has 0 radical (unpaired) electrons. The standard InChI is InChI=1S/C42H44N6O8.C27H34N4O2.C15H12N2O7/c43-39(52)31-24-45-32-18-17-26(23-30(32)38(31)46-27-12-7-6-8-13-27)22-28(49)14-9-4-2-1-3-5-10-21-44-36(51)25-56-34-16-11-15-29-37(34)42(55)48(41(29)54)33-19-20-35(50)47-40(33)53;28-16-10-5-3-1-2-4-9-13-22(32)17-20-14-15-25-23(18-20)26(24(19-30-25)27(29)33)31-21-11-7-6-8-12-21;18-10-5-4-8(13(21)16-10)17-14(22)7-2-1-3-9(12(7)15(17)23)24-6-11(19)20/h6-8,11-13,15-18,23-24,33H,1-5,9-10,14,19-22,25H2,(H2,43,52)(H,44,51)(H,45,46)(H,47,50,53);6-8,11-12,14-15,18-19H,1-5,9-10,13,16-17,28H2,(H2,29,33)(H,30,31);1-3,8H,4-6H2,(H,19,20)(H,16,18,21). The molecule has 2 atom stereocenters. The second-order valence-electron chi connectivity index (χ2n) is 27.7. The summed E-state index contributed by atoms with van der Waals surface area (Å²) in [5.74, 6) is -7.43. The Balaban J connectivity index is 0.000000200. The number of fused-ring (bicyclic) bond motifs is 4. The zero-order chi connectivity index (χ0) is 80.5. The number of Topliss-reactive ketones (excluding diaryl/α,β-unsaturated/α-hetero) is 2. The van der Waals surface area contributed by atoms with Gasteiger partial charge < -0.3 is 47.7 Å². The maximum Gasteiger partial charge on any atom is 0.341 e. The first kappa shape index (κ1) is 82.6.